The molecule has 0 aliphatic carbocycles. The molecule has 6 heteroatoms. The third kappa shape index (κ3) is 2.84. The van der Waals surface area contributed by atoms with Gasteiger partial charge in [-0.15, -0.1) is 0 Å². The standard InChI is InChI=1S/C15H13N3O3/c1-10(12-3-2-6-16-8-12)17-18-15(19)11-4-5-13-14(7-11)21-9-20-13/h2-8H,9H2,1H3,(H,18,19)/b17-10-. The summed E-state index contributed by atoms with van der Waals surface area (Å²) in [5, 5.41) is 4.07. The van der Waals surface area contributed by atoms with E-state index in [9.17, 15) is 4.79 Å². The first-order chi connectivity index (χ1) is 10.2. The lowest BCUT2D eigenvalue weighted by atomic mass is 10.2. The zero-order valence-electron chi connectivity index (χ0n) is 11.4. The molecule has 0 radical (unpaired) electrons. The third-order valence-corrected chi connectivity index (χ3v) is 3.04. The van der Waals surface area contributed by atoms with Crippen molar-refractivity contribution in [1.82, 2.24) is 10.4 Å². The maximum absolute atomic E-state index is 12.1. The highest BCUT2D eigenvalue weighted by Gasteiger charge is 2.15. The normalized spacial score (nSPS) is 13.1. The third-order valence-electron chi connectivity index (χ3n) is 3.04. The number of hydrogen-bond acceptors (Lipinski definition) is 5. The number of nitrogens with zero attached hydrogens (tertiary/aromatic N) is 2. The van der Waals surface area contributed by atoms with E-state index in [1.54, 1.807) is 37.5 Å². The molecule has 0 atom stereocenters. The molecule has 1 aromatic heterocycles. The topological polar surface area (TPSA) is 72.8 Å². The van der Waals surface area contributed by atoms with Gasteiger partial charge in [0.15, 0.2) is 11.5 Å². The van der Waals surface area contributed by atoms with Gasteiger partial charge in [0.25, 0.3) is 5.91 Å². The van der Waals surface area contributed by atoms with Crippen LogP contribution in [-0.2, 0) is 0 Å². The fourth-order valence-electron chi connectivity index (χ4n) is 1.88. The van der Waals surface area contributed by atoms with Crippen molar-refractivity contribution in [3.63, 3.8) is 0 Å². The molecule has 0 fully saturated rings. The Morgan fingerprint density at radius 3 is 2.90 bits per heavy atom. The van der Waals surface area contributed by atoms with Crippen LogP contribution in [0.3, 0.4) is 0 Å². The van der Waals surface area contributed by atoms with Gasteiger partial charge in [0, 0.05) is 23.5 Å². The SMILES string of the molecule is C/C(=N/NC(=O)c1ccc2c(c1)OCO2)c1cccnc1. The zero-order chi connectivity index (χ0) is 14.7. The van der Waals surface area contributed by atoms with Crippen molar-refractivity contribution in [2.45, 2.75) is 6.92 Å². The quantitative estimate of drug-likeness (QED) is 0.690. The summed E-state index contributed by atoms with van der Waals surface area (Å²) in [6.45, 7) is 1.98. The Bertz CT molecular complexity index is 699. The summed E-state index contributed by atoms with van der Waals surface area (Å²) < 4.78 is 10.4. The highest BCUT2D eigenvalue weighted by atomic mass is 16.7. The van der Waals surface area contributed by atoms with Crippen molar-refractivity contribution in [2.75, 3.05) is 6.79 Å². The van der Waals surface area contributed by atoms with Crippen molar-refractivity contribution in [1.29, 1.82) is 0 Å². The van der Waals surface area contributed by atoms with Gasteiger partial charge in [0.1, 0.15) is 0 Å². The van der Waals surface area contributed by atoms with E-state index >= 15 is 0 Å². The predicted octanol–water partition coefficient (Wildman–Crippen LogP) is 1.96. The van der Waals surface area contributed by atoms with Crippen molar-refractivity contribution in [3.8, 4) is 11.5 Å². The molecule has 1 aliphatic heterocycles. The summed E-state index contributed by atoms with van der Waals surface area (Å²) in [6, 6.07) is 8.69. The van der Waals surface area contributed by atoms with Crippen LogP contribution in [0, 0.1) is 0 Å². The number of aromatic nitrogens is 1. The van der Waals surface area contributed by atoms with Gasteiger partial charge in [-0.2, -0.15) is 5.10 Å². The minimum atomic E-state index is -0.309. The molecule has 0 saturated carbocycles. The van der Waals surface area contributed by atoms with Gasteiger partial charge in [-0.05, 0) is 31.2 Å². The van der Waals surface area contributed by atoms with Crippen LogP contribution in [0.4, 0.5) is 0 Å². The number of hydrazone groups is 1. The highest BCUT2D eigenvalue weighted by molar-refractivity contribution is 6.00. The maximum Gasteiger partial charge on any atom is 0.271 e. The molecule has 1 N–H and O–H groups in total. The molecule has 6 nitrogen and oxygen atoms in total. The molecule has 2 heterocycles. The second-order valence-electron chi connectivity index (χ2n) is 4.45. The summed E-state index contributed by atoms with van der Waals surface area (Å²) in [5.41, 5.74) is 4.50. The van der Waals surface area contributed by atoms with Crippen LogP contribution in [0.25, 0.3) is 0 Å². The molecule has 3 rings (SSSR count). The van der Waals surface area contributed by atoms with Crippen LogP contribution in [0.1, 0.15) is 22.8 Å². The monoisotopic (exact) mass is 283 g/mol. The number of rotatable bonds is 3. The van der Waals surface area contributed by atoms with Gasteiger partial charge in [-0.1, -0.05) is 6.07 Å². The van der Waals surface area contributed by atoms with E-state index in [0.717, 1.165) is 5.56 Å². The number of carbonyl (C=O) groups is 1. The second-order valence-corrected chi connectivity index (χ2v) is 4.45. The van der Waals surface area contributed by atoms with E-state index < -0.39 is 0 Å². The number of benzene rings is 1. The minimum Gasteiger partial charge on any atom is -0.454 e. The van der Waals surface area contributed by atoms with E-state index in [-0.39, 0.29) is 12.7 Å². The second kappa shape index (κ2) is 5.62. The molecule has 0 bridgehead atoms. The summed E-state index contributed by atoms with van der Waals surface area (Å²) >= 11 is 0. The first-order valence-electron chi connectivity index (χ1n) is 6.39. The number of ether oxygens (including phenoxy) is 2. The molecular formula is C15H13N3O3. The Morgan fingerprint density at radius 1 is 1.24 bits per heavy atom. The fraction of sp³-hybridized carbons (Fsp3) is 0.133. The van der Waals surface area contributed by atoms with E-state index in [0.29, 0.717) is 22.8 Å². The summed E-state index contributed by atoms with van der Waals surface area (Å²) in [7, 11) is 0. The summed E-state index contributed by atoms with van der Waals surface area (Å²) in [5.74, 6) is 0.897. The largest absolute Gasteiger partial charge is 0.454 e. The highest BCUT2D eigenvalue weighted by Crippen LogP contribution is 2.32. The molecule has 0 unspecified atom stereocenters. The first kappa shape index (κ1) is 13.1. The molecule has 106 valence electrons. The number of fused-ring (bicyclic) bond motifs is 1. The number of amides is 1. The first-order valence-corrected chi connectivity index (χ1v) is 6.39. The lowest BCUT2D eigenvalue weighted by molar-refractivity contribution is 0.0954. The Labute approximate surface area is 121 Å². The van der Waals surface area contributed by atoms with Crippen LogP contribution in [0.5, 0.6) is 11.5 Å². The van der Waals surface area contributed by atoms with E-state index in [1.165, 1.54) is 0 Å². The van der Waals surface area contributed by atoms with Gasteiger partial charge < -0.3 is 9.47 Å². The smallest absolute Gasteiger partial charge is 0.271 e. The summed E-state index contributed by atoms with van der Waals surface area (Å²) in [4.78, 5) is 16.1. The molecule has 1 aromatic carbocycles. The Kier molecular flexibility index (Phi) is 3.51. The van der Waals surface area contributed by atoms with Crippen molar-refractivity contribution < 1.29 is 14.3 Å². The van der Waals surface area contributed by atoms with Gasteiger partial charge in [0.05, 0.1) is 5.71 Å². The van der Waals surface area contributed by atoms with Crippen molar-refractivity contribution in [3.05, 3.63) is 53.9 Å². The van der Waals surface area contributed by atoms with Crippen LogP contribution >= 0.6 is 0 Å². The molecule has 2 aromatic rings. The number of carbonyl (C=O) groups excluding carboxylic acids is 1. The van der Waals surface area contributed by atoms with E-state index in [1.807, 2.05) is 12.1 Å². The Balaban J connectivity index is 1.72. The lowest BCUT2D eigenvalue weighted by Gasteiger charge is -2.03. The maximum atomic E-state index is 12.1. The Hall–Kier alpha value is -2.89. The molecule has 1 amide bonds. The number of hydrogen-bond donors (Lipinski definition) is 1. The zero-order valence-corrected chi connectivity index (χ0v) is 11.4. The number of nitrogens with one attached hydrogen (secondary N) is 1. The van der Waals surface area contributed by atoms with Crippen LogP contribution in [0.2, 0.25) is 0 Å². The molecule has 0 saturated heterocycles. The molecule has 21 heavy (non-hydrogen) atoms. The van der Waals surface area contributed by atoms with Crippen molar-refractivity contribution in [2.24, 2.45) is 5.10 Å². The fourth-order valence-corrected chi connectivity index (χ4v) is 1.88. The van der Waals surface area contributed by atoms with Gasteiger partial charge >= 0.3 is 0 Å². The minimum absolute atomic E-state index is 0.179. The summed E-state index contributed by atoms with van der Waals surface area (Å²) in [6.07, 6.45) is 3.37. The van der Waals surface area contributed by atoms with Gasteiger partial charge in [-0.3, -0.25) is 9.78 Å². The van der Waals surface area contributed by atoms with Crippen molar-refractivity contribution >= 4 is 11.6 Å². The Morgan fingerprint density at radius 2 is 2.10 bits per heavy atom. The van der Waals surface area contributed by atoms with E-state index in [4.69, 9.17) is 9.47 Å². The molecule has 0 spiro atoms. The van der Waals surface area contributed by atoms with Gasteiger partial charge in [0.2, 0.25) is 6.79 Å². The van der Waals surface area contributed by atoms with Crippen LogP contribution in [0.15, 0.2) is 47.8 Å². The van der Waals surface area contributed by atoms with Gasteiger partial charge in [-0.25, -0.2) is 5.43 Å². The lowest BCUT2D eigenvalue weighted by Crippen LogP contribution is -2.19. The molecule has 1 aliphatic rings. The average Bonchev–Trinajstić information content (AvgIpc) is 3.00. The molecular weight excluding hydrogens is 270 g/mol. The van der Waals surface area contributed by atoms with E-state index in [2.05, 4.69) is 15.5 Å². The average molecular weight is 283 g/mol. The van der Waals surface area contributed by atoms with Crippen LogP contribution in [-0.4, -0.2) is 23.4 Å². The predicted molar refractivity (Wildman–Crippen MR) is 76.5 cm³/mol. The van der Waals surface area contributed by atoms with Crippen LogP contribution < -0.4 is 14.9 Å². The number of pyridine rings is 1.